The number of benzene rings is 1. The van der Waals surface area contributed by atoms with Gasteiger partial charge in [0.2, 0.25) is 0 Å². The second kappa shape index (κ2) is 4.90. The Morgan fingerprint density at radius 2 is 1.81 bits per heavy atom. The van der Waals surface area contributed by atoms with Crippen LogP contribution in [0.3, 0.4) is 0 Å². The smallest absolute Gasteiger partial charge is 0.161 e. The predicted molar refractivity (Wildman–Crippen MR) is 77.2 cm³/mol. The summed E-state index contributed by atoms with van der Waals surface area (Å²) < 4.78 is 27.0. The van der Waals surface area contributed by atoms with Crippen LogP contribution in [0.2, 0.25) is 0 Å². The number of hydrogen-bond donors (Lipinski definition) is 0. The van der Waals surface area contributed by atoms with Crippen molar-refractivity contribution in [2.45, 2.75) is 38.1 Å². The van der Waals surface area contributed by atoms with E-state index in [1.165, 1.54) is 38.1 Å². The zero-order valence-corrected chi connectivity index (χ0v) is 11.7. The fourth-order valence-electron chi connectivity index (χ4n) is 3.98. The van der Waals surface area contributed by atoms with Crippen molar-refractivity contribution in [3.8, 4) is 0 Å². The molecule has 0 spiro atoms. The van der Waals surface area contributed by atoms with E-state index in [1.807, 2.05) is 0 Å². The lowest BCUT2D eigenvalue weighted by atomic mass is 9.92. The Morgan fingerprint density at radius 3 is 2.71 bits per heavy atom. The molecule has 1 saturated heterocycles. The molecule has 0 unspecified atom stereocenters. The summed E-state index contributed by atoms with van der Waals surface area (Å²) in [5.74, 6) is -0.215. The van der Waals surface area contributed by atoms with Crippen molar-refractivity contribution in [2.75, 3.05) is 11.4 Å². The third-order valence-corrected chi connectivity index (χ3v) is 4.92. The van der Waals surface area contributed by atoms with Gasteiger partial charge >= 0.3 is 0 Å². The lowest BCUT2D eigenvalue weighted by Gasteiger charge is -2.39. The van der Waals surface area contributed by atoms with Crippen LogP contribution in [0, 0.1) is 17.6 Å². The quantitative estimate of drug-likeness (QED) is 0.802. The molecule has 1 saturated carbocycles. The largest absolute Gasteiger partial charge is 0.353 e. The Morgan fingerprint density at radius 1 is 1.00 bits per heavy atom. The summed E-state index contributed by atoms with van der Waals surface area (Å²) in [5, 5.41) is 0.615. The molecule has 1 aromatic carbocycles. The summed E-state index contributed by atoms with van der Waals surface area (Å²) in [6.07, 6.45) is 7.54. The summed E-state index contributed by atoms with van der Waals surface area (Å²) in [6, 6.07) is 2.88. The van der Waals surface area contributed by atoms with Gasteiger partial charge in [-0.2, -0.15) is 0 Å². The van der Waals surface area contributed by atoms with Crippen LogP contribution >= 0.6 is 0 Å². The van der Waals surface area contributed by atoms with E-state index in [-0.39, 0.29) is 0 Å². The zero-order valence-electron chi connectivity index (χ0n) is 11.7. The molecular formula is C16H17F2N3. The van der Waals surface area contributed by atoms with Crippen molar-refractivity contribution < 1.29 is 8.78 Å². The first-order valence-corrected chi connectivity index (χ1v) is 7.60. The summed E-state index contributed by atoms with van der Waals surface area (Å²) in [7, 11) is 0. The van der Waals surface area contributed by atoms with E-state index in [0.717, 1.165) is 24.8 Å². The second-order valence-corrected chi connectivity index (χ2v) is 6.07. The molecule has 2 aliphatic rings. The molecule has 2 atom stereocenters. The molecule has 0 amide bonds. The lowest BCUT2D eigenvalue weighted by molar-refractivity contribution is 0.361. The van der Waals surface area contributed by atoms with Crippen LogP contribution in [-0.4, -0.2) is 22.6 Å². The maximum Gasteiger partial charge on any atom is 0.161 e. The number of hydrogen-bond acceptors (Lipinski definition) is 3. The number of anilines is 1. The van der Waals surface area contributed by atoms with E-state index in [9.17, 15) is 8.78 Å². The molecule has 0 bridgehead atoms. The highest BCUT2D eigenvalue weighted by molar-refractivity contribution is 5.89. The lowest BCUT2D eigenvalue weighted by Crippen LogP contribution is -2.43. The molecule has 1 aliphatic carbocycles. The Kier molecular flexibility index (Phi) is 3.01. The van der Waals surface area contributed by atoms with Gasteiger partial charge in [-0.3, -0.25) is 0 Å². The maximum absolute atomic E-state index is 13.6. The summed E-state index contributed by atoms with van der Waals surface area (Å²) in [5.41, 5.74) is 0.471. The highest BCUT2D eigenvalue weighted by Crippen LogP contribution is 2.40. The van der Waals surface area contributed by atoms with Gasteiger partial charge in [0, 0.05) is 24.0 Å². The second-order valence-electron chi connectivity index (χ2n) is 6.07. The molecule has 5 heteroatoms. The standard InChI is InChI=1S/C16H17F2N3/c17-12-7-11-14(8-13(12)18)19-9-20-16(11)21-6-2-4-10-3-1-5-15(10)21/h7-10,15H,1-6H2/t10-,15+/m0/s1. The van der Waals surface area contributed by atoms with E-state index in [2.05, 4.69) is 14.9 Å². The molecule has 2 heterocycles. The highest BCUT2D eigenvalue weighted by atomic mass is 19.2. The minimum atomic E-state index is -0.857. The number of rotatable bonds is 1. The number of nitrogens with zero attached hydrogens (tertiary/aromatic N) is 3. The molecule has 110 valence electrons. The Labute approximate surface area is 122 Å². The minimum Gasteiger partial charge on any atom is -0.353 e. The van der Waals surface area contributed by atoms with Crippen LogP contribution in [0.4, 0.5) is 14.6 Å². The normalized spacial score (nSPS) is 25.3. The molecule has 1 aromatic heterocycles. The highest BCUT2D eigenvalue weighted by Gasteiger charge is 2.36. The molecule has 4 rings (SSSR count). The van der Waals surface area contributed by atoms with Crippen LogP contribution in [0.1, 0.15) is 32.1 Å². The van der Waals surface area contributed by atoms with E-state index < -0.39 is 11.6 Å². The first-order chi connectivity index (χ1) is 10.2. The van der Waals surface area contributed by atoms with Crippen molar-refractivity contribution in [2.24, 2.45) is 5.92 Å². The molecule has 1 aliphatic heterocycles. The minimum absolute atomic E-state index is 0.471. The van der Waals surface area contributed by atoms with Crippen LogP contribution < -0.4 is 4.90 Å². The molecular weight excluding hydrogens is 272 g/mol. The molecule has 0 N–H and O–H groups in total. The summed E-state index contributed by atoms with van der Waals surface area (Å²) in [4.78, 5) is 10.8. The van der Waals surface area contributed by atoms with Crippen molar-refractivity contribution in [1.82, 2.24) is 9.97 Å². The molecule has 2 aromatic rings. The van der Waals surface area contributed by atoms with Gasteiger partial charge in [0.25, 0.3) is 0 Å². The third kappa shape index (κ3) is 2.06. The van der Waals surface area contributed by atoms with Crippen LogP contribution in [0.5, 0.6) is 0 Å². The van der Waals surface area contributed by atoms with Gasteiger partial charge in [-0.25, -0.2) is 18.7 Å². The van der Waals surface area contributed by atoms with E-state index >= 15 is 0 Å². The monoisotopic (exact) mass is 289 g/mol. The number of fused-ring (bicyclic) bond motifs is 2. The zero-order chi connectivity index (χ0) is 14.4. The molecule has 21 heavy (non-hydrogen) atoms. The molecule has 0 radical (unpaired) electrons. The van der Waals surface area contributed by atoms with Gasteiger partial charge in [-0.15, -0.1) is 0 Å². The van der Waals surface area contributed by atoms with E-state index in [1.54, 1.807) is 0 Å². The average molecular weight is 289 g/mol. The van der Waals surface area contributed by atoms with Gasteiger partial charge in [-0.1, -0.05) is 6.42 Å². The maximum atomic E-state index is 13.6. The average Bonchev–Trinajstić information content (AvgIpc) is 2.96. The van der Waals surface area contributed by atoms with Crippen LogP contribution in [-0.2, 0) is 0 Å². The fourth-order valence-corrected chi connectivity index (χ4v) is 3.98. The molecule has 2 fully saturated rings. The topological polar surface area (TPSA) is 29.0 Å². The Bertz CT molecular complexity index is 689. The molecule has 3 nitrogen and oxygen atoms in total. The van der Waals surface area contributed by atoms with E-state index in [0.29, 0.717) is 22.9 Å². The van der Waals surface area contributed by atoms with Gasteiger partial charge in [0.15, 0.2) is 11.6 Å². The van der Waals surface area contributed by atoms with Crippen molar-refractivity contribution in [3.63, 3.8) is 0 Å². The van der Waals surface area contributed by atoms with Crippen molar-refractivity contribution in [1.29, 1.82) is 0 Å². The number of halogens is 2. The Hall–Kier alpha value is -1.78. The van der Waals surface area contributed by atoms with Gasteiger partial charge < -0.3 is 4.90 Å². The predicted octanol–water partition coefficient (Wildman–Crippen LogP) is 3.68. The number of piperidine rings is 1. The Balaban J connectivity index is 1.84. The van der Waals surface area contributed by atoms with Crippen molar-refractivity contribution in [3.05, 3.63) is 30.1 Å². The summed E-state index contributed by atoms with van der Waals surface area (Å²) in [6.45, 7) is 0.937. The van der Waals surface area contributed by atoms with Gasteiger partial charge in [-0.05, 0) is 37.7 Å². The third-order valence-electron chi connectivity index (χ3n) is 4.92. The fraction of sp³-hybridized carbons (Fsp3) is 0.500. The number of aromatic nitrogens is 2. The summed E-state index contributed by atoms with van der Waals surface area (Å²) >= 11 is 0. The SMILES string of the molecule is Fc1cc2ncnc(N3CCC[C@@H]4CCC[C@H]43)c2cc1F. The van der Waals surface area contributed by atoms with Crippen LogP contribution in [0.15, 0.2) is 18.5 Å². The van der Waals surface area contributed by atoms with Gasteiger partial charge in [0.1, 0.15) is 12.1 Å². The van der Waals surface area contributed by atoms with E-state index in [4.69, 9.17) is 0 Å². The van der Waals surface area contributed by atoms with Gasteiger partial charge in [0.05, 0.1) is 5.52 Å². The van der Waals surface area contributed by atoms with Crippen molar-refractivity contribution >= 4 is 16.7 Å². The first kappa shape index (κ1) is 12.9. The first-order valence-electron chi connectivity index (χ1n) is 7.60. The van der Waals surface area contributed by atoms with Crippen LogP contribution in [0.25, 0.3) is 10.9 Å².